The first-order valence-corrected chi connectivity index (χ1v) is 3.55. The van der Waals surface area contributed by atoms with Crippen LogP contribution in [0.1, 0.15) is 13.3 Å². The second kappa shape index (κ2) is 6.71. The first-order valence-electron chi connectivity index (χ1n) is 2.56. The van der Waals surface area contributed by atoms with Crippen molar-refractivity contribution in [2.45, 2.75) is 13.3 Å². The largest absolute Gasteiger partial charge is 0.449 e. The molecule has 0 unspecified atom stereocenters. The van der Waals surface area contributed by atoms with Crippen molar-refractivity contribution in [3.63, 3.8) is 0 Å². The lowest BCUT2D eigenvalue weighted by Crippen LogP contribution is -1.68. The molecule has 0 spiro atoms. The molecule has 0 aromatic carbocycles. The Morgan fingerprint density at radius 1 is 1.62 bits per heavy atom. The number of hydrogen-bond donors (Lipinski definition) is 0. The zero-order valence-electron chi connectivity index (χ0n) is 5.23. The Bertz CT molecular complexity index is 90.4. The molecule has 0 rings (SSSR count). The summed E-state index contributed by atoms with van der Waals surface area (Å²) < 4.78 is 4.51. The van der Waals surface area contributed by atoms with Gasteiger partial charge < -0.3 is 4.74 Å². The predicted octanol–water partition coefficient (Wildman–Crippen LogP) is 1.69. The van der Waals surface area contributed by atoms with Gasteiger partial charge in [0.05, 0.1) is 7.11 Å². The topological polar surface area (TPSA) is 9.23 Å². The highest BCUT2D eigenvalue weighted by Gasteiger charge is 1.74. The highest BCUT2D eigenvalue weighted by molar-refractivity contribution is 8.03. The number of thioether (sulfide) groups is 1. The number of rotatable bonds is 2. The summed E-state index contributed by atoms with van der Waals surface area (Å²) >= 11 is 1.59. The molecule has 0 saturated carbocycles. The lowest BCUT2D eigenvalue weighted by atomic mass is 10.6. The summed E-state index contributed by atoms with van der Waals surface area (Å²) in [4.78, 5) is 0. The van der Waals surface area contributed by atoms with Crippen LogP contribution in [0.5, 0.6) is 0 Å². The molecule has 0 amide bonds. The van der Waals surface area contributed by atoms with Crippen molar-refractivity contribution >= 4 is 11.8 Å². The molecule has 0 saturated heterocycles. The van der Waals surface area contributed by atoms with Gasteiger partial charge in [-0.2, -0.15) is 0 Å². The predicted molar refractivity (Wildman–Crippen MR) is 37.5 cm³/mol. The lowest BCUT2D eigenvalue weighted by Gasteiger charge is -1.81. The highest BCUT2D eigenvalue weighted by Crippen LogP contribution is 1.96. The summed E-state index contributed by atoms with van der Waals surface area (Å²) in [6.45, 7) is 2.13. The van der Waals surface area contributed by atoms with Gasteiger partial charge in [-0.3, -0.25) is 0 Å². The minimum atomic E-state index is 1.09. The molecular formula is C6H10OS. The molecule has 46 valence electrons. The molecular weight excluding hydrogens is 120 g/mol. The molecule has 0 aromatic rings. The molecule has 2 heteroatoms. The third kappa shape index (κ3) is 5.71. The third-order valence-corrected chi connectivity index (χ3v) is 1.36. The van der Waals surface area contributed by atoms with E-state index < -0.39 is 0 Å². The summed E-state index contributed by atoms with van der Waals surface area (Å²) in [6.07, 6.45) is 3.67. The van der Waals surface area contributed by atoms with Gasteiger partial charge in [0.15, 0.2) is 0 Å². The average Bonchev–Trinajstić information content (AvgIpc) is 1.81. The van der Waals surface area contributed by atoms with Gasteiger partial charge in [-0.1, -0.05) is 18.7 Å². The maximum absolute atomic E-state index is 4.51. The summed E-state index contributed by atoms with van der Waals surface area (Å²) in [5.41, 5.74) is 0. The molecule has 0 radical (unpaired) electrons. The third-order valence-electron chi connectivity index (χ3n) is 0.522. The van der Waals surface area contributed by atoms with Crippen LogP contribution in [0.2, 0.25) is 0 Å². The van der Waals surface area contributed by atoms with Crippen LogP contribution in [0.4, 0.5) is 0 Å². The normalized spacial score (nSPS) is 7.25. The van der Waals surface area contributed by atoms with Crippen LogP contribution < -0.4 is 0 Å². The summed E-state index contributed by atoms with van der Waals surface area (Å²) in [6, 6.07) is 0. The van der Waals surface area contributed by atoms with E-state index >= 15 is 0 Å². The van der Waals surface area contributed by atoms with Crippen LogP contribution in [-0.4, -0.2) is 12.9 Å². The van der Waals surface area contributed by atoms with Crippen LogP contribution in [0, 0.1) is 11.4 Å². The van der Waals surface area contributed by atoms with Crippen molar-refractivity contribution in [1.82, 2.24) is 0 Å². The van der Waals surface area contributed by atoms with Gasteiger partial charge in [-0.15, -0.1) is 0 Å². The van der Waals surface area contributed by atoms with Crippen LogP contribution in [-0.2, 0) is 4.74 Å². The highest BCUT2D eigenvalue weighted by atomic mass is 32.2. The first-order chi connectivity index (χ1) is 3.91. The van der Waals surface area contributed by atoms with E-state index in [2.05, 4.69) is 23.0 Å². The zero-order chi connectivity index (χ0) is 6.24. The molecule has 0 aliphatic heterocycles. The van der Waals surface area contributed by atoms with Crippen molar-refractivity contribution in [2.24, 2.45) is 0 Å². The summed E-state index contributed by atoms with van der Waals surface area (Å²) in [5.74, 6) is 1.09. The maximum Gasteiger partial charge on any atom is 0.122 e. The number of ether oxygens (including phenoxy) is 1. The van der Waals surface area contributed by atoms with E-state index in [1.807, 2.05) is 0 Å². The molecule has 0 atom stereocenters. The van der Waals surface area contributed by atoms with Gasteiger partial charge in [0.1, 0.15) is 6.11 Å². The fraction of sp³-hybridized carbons (Fsp3) is 0.667. The summed E-state index contributed by atoms with van der Waals surface area (Å²) in [7, 11) is 1.57. The van der Waals surface area contributed by atoms with Crippen molar-refractivity contribution in [3.05, 3.63) is 0 Å². The second-order valence-corrected chi connectivity index (χ2v) is 2.16. The Morgan fingerprint density at radius 3 is 2.88 bits per heavy atom. The van der Waals surface area contributed by atoms with Gasteiger partial charge in [-0.25, -0.2) is 0 Å². The number of methoxy groups -OCH3 is 1. The molecule has 0 N–H and O–H groups in total. The van der Waals surface area contributed by atoms with E-state index in [0.717, 1.165) is 5.75 Å². The minimum absolute atomic E-state index is 1.09. The quantitative estimate of drug-likeness (QED) is 0.415. The van der Waals surface area contributed by atoms with Gasteiger partial charge >= 0.3 is 0 Å². The van der Waals surface area contributed by atoms with Gasteiger partial charge in [0, 0.05) is 11.0 Å². The van der Waals surface area contributed by atoms with Crippen LogP contribution in [0.3, 0.4) is 0 Å². The van der Waals surface area contributed by atoms with Crippen LogP contribution in [0.25, 0.3) is 0 Å². The fourth-order valence-electron chi connectivity index (χ4n) is 0.224. The summed E-state index contributed by atoms with van der Waals surface area (Å²) in [5, 5.41) is 2.78. The minimum Gasteiger partial charge on any atom is -0.449 e. The Labute approximate surface area is 54.8 Å². The van der Waals surface area contributed by atoms with E-state index in [1.54, 1.807) is 18.9 Å². The van der Waals surface area contributed by atoms with E-state index in [1.165, 1.54) is 6.42 Å². The zero-order valence-corrected chi connectivity index (χ0v) is 6.05. The van der Waals surface area contributed by atoms with E-state index in [4.69, 9.17) is 0 Å². The van der Waals surface area contributed by atoms with Crippen LogP contribution in [0.15, 0.2) is 0 Å². The van der Waals surface area contributed by atoms with Gasteiger partial charge in [0.2, 0.25) is 0 Å². The standard InChI is InChI=1S/C6H10OS/c1-3-5-8-6-4-7-2/h3,5H2,1-2H3. The molecule has 0 bridgehead atoms. The Morgan fingerprint density at radius 2 is 2.38 bits per heavy atom. The molecule has 8 heavy (non-hydrogen) atoms. The Balaban J connectivity index is 2.90. The first kappa shape index (κ1) is 7.71. The van der Waals surface area contributed by atoms with Crippen molar-refractivity contribution in [1.29, 1.82) is 0 Å². The molecule has 0 fully saturated rings. The van der Waals surface area contributed by atoms with E-state index in [9.17, 15) is 0 Å². The van der Waals surface area contributed by atoms with Gasteiger partial charge in [0.25, 0.3) is 0 Å². The maximum atomic E-state index is 4.51. The van der Waals surface area contributed by atoms with Crippen molar-refractivity contribution < 1.29 is 4.74 Å². The SMILES string of the molecule is CCCSC#COC. The molecule has 0 aromatic heterocycles. The van der Waals surface area contributed by atoms with Crippen molar-refractivity contribution in [2.75, 3.05) is 12.9 Å². The molecule has 0 aliphatic rings. The average molecular weight is 130 g/mol. The van der Waals surface area contributed by atoms with Gasteiger partial charge in [-0.05, 0) is 6.42 Å². The molecule has 0 aliphatic carbocycles. The number of hydrogen-bond acceptors (Lipinski definition) is 2. The Kier molecular flexibility index (Phi) is 6.47. The van der Waals surface area contributed by atoms with E-state index in [0.29, 0.717) is 0 Å². The van der Waals surface area contributed by atoms with Crippen molar-refractivity contribution in [3.8, 4) is 11.4 Å². The monoisotopic (exact) mass is 130 g/mol. The molecule has 1 nitrogen and oxygen atoms in total. The van der Waals surface area contributed by atoms with E-state index in [-0.39, 0.29) is 0 Å². The smallest absolute Gasteiger partial charge is 0.122 e. The van der Waals surface area contributed by atoms with Crippen LogP contribution >= 0.6 is 11.8 Å². The Hall–Kier alpha value is -0.290. The molecule has 0 heterocycles. The fourth-order valence-corrected chi connectivity index (χ4v) is 0.673. The second-order valence-electron chi connectivity index (χ2n) is 1.26. The lowest BCUT2D eigenvalue weighted by molar-refractivity contribution is 0.373.